The molecule has 6 heteroatoms. The minimum Gasteiger partial charge on any atom is -0.481 e. The average Bonchev–Trinajstić information content (AvgIpc) is 2.71. The zero-order valence-electron chi connectivity index (χ0n) is 16.9. The number of unbranched alkanes of at least 4 members (excludes halogenated alkanes) is 1. The normalized spacial score (nSPS) is 15.9. The van der Waals surface area contributed by atoms with Crippen molar-refractivity contribution < 1.29 is 19.5 Å². The highest BCUT2D eigenvalue weighted by Crippen LogP contribution is 2.21. The van der Waals surface area contributed by atoms with Gasteiger partial charge in [0.2, 0.25) is 5.91 Å². The second kappa shape index (κ2) is 10.8. The van der Waals surface area contributed by atoms with Gasteiger partial charge in [-0.3, -0.25) is 14.4 Å². The summed E-state index contributed by atoms with van der Waals surface area (Å²) in [6.45, 7) is 5.20. The fourth-order valence-corrected chi connectivity index (χ4v) is 3.63. The number of amides is 2. The van der Waals surface area contributed by atoms with Crippen LogP contribution in [0.5, 0.6) is 0 Å². The molecule has 6 nitrogen and oxygen atoms in total. The van der Waals surface area contributed by atoms with Crippen LogP contribution >= 0.6 is 0 Å². The van der Waals surface area contributed by atoms with Crippen LogP contribution in [-0.2, 0) is 9.59 Å². The molecule has 28 heavy (non-hydrogen) atoms. The largest absolute Gasteiger partial charge is 0.481 e. The molecule has 2 amide bonds. The maximum atomic E-state index is 12.6. The number of nitrogens with one attached hydrogen (secondary N) is 1. The molecule has 1 aliphatic rings. The Morgan fingerprint density at radius 1 is 1.14 bits per heavy atom. The number of carbonyl (C=O) groups is 3. The van der Waals surface area contributed by atoms with Gasteiger partial charge in [-0.2, -0.15) is 0 Å². The third kappa shape index (κ3) is 6.36. The molecule has 1 aromatic rings. The molecule has 0 aliphatic carbocycles. The van der Waals surface area contributed by atoms with E-state index < -0.39 is 5.97 Å². The van der Waals surface area contributed by atoms with Crippen LogP contribution in [0.3, 0.4) is 0 Å². The number of benzene rings is 1. The summed E-state index contributed by atoms with van der Waals surface area (Å²) in [6.07, 6.45) is 5.87. The number of rotatable bonds is 9. The molecule has 1 unspecified atom stereocenters. The monoisotopic (exact) mass is 388 g/mol. The molecule has 0 aromatic heterocycles. The van der Waals surface area contributed by atoms with Gasteiger partial charge >= 0.3 is 5.97 Å². The minimum atomic E-state index is -0.785. The summed E-state index contributed by atoms with van der Waals surface area (Å²) in [5.41, 5.74) is 1.25. The molecule has 0 bridgehead atoms. The first-order valence-electron chi connectivity index (χ1n) is 10.4. The van der Waals surface area contributed by atoms with E-state index in [2.05, 4.69) is 19.2 Å². The van der Waals surface area contributed by atoms with Crippen molar-refractivity contribution in [3.63, 3.8) is 0 Å². The number of anilines is 1. The quantitative estimate of drug-likeness (QED) is 0.665. The summed E-state index contributed by atoms with van der Waals surface area (Å²) in [5.74, 6) is -0.808. The number of carboxylic acids is 1. The molecule has 154 valence electrons. The van der Waals surface area contributed by atoms with Crippen molar-refractivity contribution >= 4 is 23.5 Å². The first kappa shape index (κ1) is 21.9. The van der Waals surface area contributed by atoms with E-state index in [9.17, 15) is 14.4 Å². The molecule has 1 saturated heterocycles. The average molecular weight is 389 g/mol. The summed E-state index contributed by atoms with van der Waals surface area (Å²) >= 11 is 0. The van der Waals surface area contributed by atoms with Crippen LogP contribution in [0.15, 0.2) is 24.3 Å². The Balaban J connectivity index is 1.86. The number of hydrogen-bond donors (Lipinski definition) is 2. The maximum Gasteiger partial charge on any atom is 0.306 e. The van der Waals surface area contributed by atoms with E-state index in [0.717, 1.165) is 25.7 Å². The Hall–Kier alpha value is -2.37. The van der Waals surface area contributed by atoms with Crippen LogP contribution in [0.25, 0.3) is 0 Å². The van der Waals surface area contributed by atoms with Crippen LogP contribution in [0.4, 0.5) is 5.69 Å². The van der Waals surface area contributed by atoms with Gasteiger partial charge < -0.3 is 15.3 Å². The fraction of sp³-hybridized carbons (Fsp3) is 0.591. The van der Waals surface area contributed by atoms with Crippen molar-refractivity contribution in [1.82, 2.24) is 4.90 Å². The number of carbonyl (C=O) groups excluding carboxylic acids is 2. The molecular weight excluding hydrogens is 356 g/mol. The zero-order chi connectivity index (χ0) is 20.5. The van der Waals surface area contributed by atoms with Crippen LogP contribution in [0.1, 0.15) is 69.2 Å². The maximum absolute atomic E-state index is 12.6. The lowest BCUT2D eigenvalue weighted by Gasteiger charge is -2.30. The number of likely N-dealkylation sites (tertiary alicyclic amines) is 1. The summed E-state index contributed by atoms with van der Waals surface area (Å²) in [4.78, 5) is 37.6. The van der Waals surface area contributed by atoms with Gasteiger partial charge in [0.05, 0.1) is 5.92 Å². The number of piperidine rings is 1. The lowest BCUT2D eigenvalue weighted by molar-refractivity contribution is -0.143. The van der Waals surface area contributed by atoms with Crippen molar-refractivity contribution in [2.75, 3.05) is 18.4 Å². The van der Waals surface area contributed by atoms with Crippen LogP contribution in [0.2, 0.25) is 0 Å². The molecule has 0 radical (unpaired) electrons. The topological polar surface area (TPSA) is 86.7 Å². The Bertz CT molecular complexity index is 664. The number of nitrogens with zero attached hydrogens (tertiary/aromatic N) is 1. The molecule has 1 aliphatic heterocycles. The Morgan fingerprint density at radius 3 is 2.32 bits per heavy atom. The molecule has 0 spiro atoms. The summed E-state index contributed by atoms with van der Waals surface area (Å²) in [7, 11) is 0. The Kier molecular flexibility index (Phi) is 8.48. The van der Waals surface area contributed by atoms with Crippen LogP contribution < -0.4 is 5.32 Å². The molecule has 1 fully saturated rings. The SMILES string of the molecule is CCCCC(CC)CC(=O)Nc1ccc(C(=O)N2CCC(C(=O)O)CC2)cc1. The van der Waals surface area contributed by atoms with Gasteiger partial charge in [0.1, 0.15) is 0 Å². The second-order valence-electron chi connectivity index (χ2n) is 7.65. The van der Waals surface area contributed by atoms with Crippen molar-refractivity contribution in [2.45, 2.75) is 58.8 Å². The van der Waals surface area contributed by atoms with E-state index in [1.54, 1.807) is 29.2 Å². The molecule has 1 atom stereocenters. The molecular formula is C22H32N2O4. The number of carboxylic acid groups (broad SMARTS) is 1. The van der Waals surface area contributed by atoms with Gasteiger partial charge in [0.25, 0.3) is 5.91 Å². The summed E-state index contributed by atoms with van der Waals surface area (Å²) in [5, 5.41) is 12.0. The van der Waals surface area contributed by atoms with Gasteiger partial charge in [-0.05, 0) is 49.4 Å². The highest BCUT2D eigenvalue weighted by atomic mass is 16.4. The predicted octanol–water partition coefficient (Wildman–Crippen LogP) is 4.17. The molecule has 2 N–H and O–H groups in total. The van der Waals surface area contributed by atoms with Crippen molar-refractivity contribution in [2.24, 2.45) is 11.8 Å². The zero-order valence-corrected chi connectivity index (χ0v) is 16.9. The van der Waals surface area contributed by atoms with E-state index in [0.29, 0.717) is 49.5 Å². The number of aliphatic carboxylic acids is 1. The van der Waals surface area contributed by atoms with Gasteiger partial charge in [-0.25, -0.2) is 0 Å². The lowest BCUT2D eigenvalue weighted by Crippen LogP contribution is -2.40. The van der Waals surface area contributed by atoms with Crippen LogP contribution in [0, 0.1) is 11.8 Å². The van der Waals surface area contributed by atoms with E-state index >= 15 is 0 Å². The smallest absolute Gasteiger partial charge is 0.306 e. The standard InChI is InChI=1S/C22H32N2O4/c1-3-5-6-16(4-2)15-20(25)23-19-9-7-17(8-10-19)21(26)24-13-11-18(12-14-24)22(27)28/h7-10,16,18H,3-6,11-15H2,1-2H3,(H,23,25)(H,27,28). The minimum absolute atomic E-state index is 0.0118. The highest BCUT2D eigenvalue weighted by Gasteiger charge is 2.27. The van der Waals surface area contributed by atoms with Gasteiger partial charge in [-0.1, -0.05) is 33.1 Å². The first-order chi connectivity index (χ1) is 13.4. The van der Waals surface area contributed by atoms with Crippen molar-refractivity contribution in [1.29, 1.82) is 0 Å². The lowest BCUT2D eigenvalue weighted by atomic mass is 9.95. The summed E-state index contributed by atoms with van der Waals surface area (Å²) in [6, 6.07) is 6.94. The molecule has 2 rings (SSSR count). The van der Waals surface area contributed by atoms with Crippen molar-refractivity contribution in [3.8, 4) is 0 Å². The number of hydrogen-bond acceptors (Lipinski definition) is 3. The molecule has 1 aromatic carbocycles. The second-order valence-corrected chi connectivity index (χ2v) is 7.65. The first-order valence-corrected chi connectivity index (χ1v) is 10.4. The van der Waals surface area contributed by atoms with Gasteiger partial charge in [0.15, 0.2) is 0 Å². The summed E-state index contributed by atoms with van der Waals surface area (Å²) < 4.78 is 0. The third-order valence-corrected chi connectivity index (χ3v) is 5.56. The van der Waals surface area contributed by atoms with E-state index in [1.807, 2.05) is 0 Å². The highest BCUT2D eigenvalue weighted by molar-refractivity contribution is 5.96. The van der Waals surface area contributed by atoms with Gasteiger partial charge in [0, 0.05) is 30.8 Å². The molecule has 0 saturated carbocycles. The van der Waals surface area contributed by atoms with Crippen molar-refractivity contribution in [3.05, 3.63) is 29.8 Å². The Labute approximate surface area is 167 Å². The predicted molar refractivity (Wildman–Crippen MR) is 109 cm³/mol. The Morgan fingerprint density at radius 2 is 1.79 bits per heavy atom. The van der Waals surface area contributed by atoms with E-state index in [1.165, 1.54) is 0 Å². The van der Waals surface area contributed by atoms with E-state index in [-0.39, 0.29) is 17.7 Å². The molecule has 1 heterocycles. The third-order valence-electron chi connectivity index (χ3n) is 5.56. The van der Waals surface area contributed by atoms with Crippen LogP contribution in [-0.4, -0.2) is 40.9 Å². The van der Waals surface area contributed by atoms with Gasteiger partial charge in [-0.15, -0.1) is 0 Å². The van der Waals surface area contributed by atoms with E-state index in [4.69, 9.17) is 5.11 Å². The fourth-order valence-electron chi connectivity index (χ4n) is 3.63.